The van der Waals surface area contributed by atoms with Gasteiger partial charge in [-0.2, -0.15) is 0 Å². The lowest BCUT2D eigenvalue weighted by molar-refractivity contribution is -0.148. The monoisotopic (exact) mass is 335 g/mol. The number of benzene rings is 1. The fourth-order valence-corrected chi connectivity index (χ4v) is 4.13. The molecule has 0 aromatic heterocycles. The summed E-state index contributed by atoms with van der Waals surface area (Å²) in [6.45, 7) is 1.64. The van der Waals surface area contributed by atoms with Crippen molar-refractivity contribution in [2.75, 3.05) is 11.9 Å². The van der Waals surface area contributed by atoms with Crippen molar-refractivity contribution in [1.29, 1.82) is 0 Å². The minimum atomic E-state index is -0.336. The van der Waals surface area contributed by atoms with Crippen LogP contribution in [0.1, 0.15) is 37.7 Å². The van der Waals surface area contributed by atoms with Crippen LogP contribution < -0.4 is 5.32 Å². The number of aryl methyl sites for hydroxylation is 1. The predicted octanol–water partition coefficient (Wildman–Crippen LogP) is 3.96. The third-order valence-corrected chi connectivity index (χ3v) is 5.39. The van der Waals surface area contributed by atoms with Gasteiger partial charge in [-0.3, -0.25) is 9.59 Å². The number of carbonyl (C=O) groups is 2. The fraction of sp³-hybridized carbons (Fsp3) is 0.556. The normalized spacial score (nSPS) is 25.4. The van der Waals surface area contributed by atoms with Gasteiger partial charge in [0.1, 0.15) is 0 Å². The summed E-state index contributed by atoms with van der Waals surface area (Å²) in [5.41, 5.74) is 1.56. The first kappa shape index (κ1) is 16.3. The molecule has 23 heavy (non-hydrogen) atoms. The SMILES string of the molecule is Cc1ccc(Cl)cc1NC(=O)COC(=O)C[C@H]1C[C@@H]2CC[C@@H]1C2. The summed E-state index contributed by atoms with van der Waals surface area (Å²) in [6.07, 6.45) is 5.43. The molecule has 1 N–H and O–H groups in total. The standard InChI is InChI=1S/C18H22ClNO3/c1-11-2-5-15(19)9-16(11)20-17(21)10-23-18(22)8-14-7-12-3-4-13(14)6-12/h2,5,9,12-14H,3-4,6-8,10H2,1H3,(H,20,21)/t12-,13-,14-/m1/s1. The van der Waals surface area contributed by atoms with Gasteiger partial charge < -0.3 is 10.1 Å². The van der Waals surface area contributed by atoms with Crippen molar-refractivity contribution >= 4 is 29.2 Å². The summed E-state index contributed by atoms with van der Waals surface area (Å²) in [6, 6.07) is 5.28. The number of ether oxygens (including phenoxy) is 1. The van der Waals surface area contributed by atoms with Gasteiger partial charge in [-0.25, -0.2) is 0 Å². The highest BCUT2D eigenvalue weighted by Crippen LogP contribution is 2.49. The van der Waals surface area contributed by atoms with Crippen LogP contribution in [-0.4, -0.2) is 18.5 Å². The first-order chi connectivity index (χ1) is 11.0. The van der Waals surface area contributed by atoms with E-state index in [-0.39, 0.29) is 18.5 Å². The highest BCUT2D eigenvalue weighted by atomic mass is 35.5. The van der Waals surface area contributed by atoms with E-state index < -0.39 is 0 Å². The molecule has 0 radical (unpaired) electrons. The Hall–Kier alpha value is -1.55. The first-order valence-corrected chi connectivity index (χ1v) is 8.60. The number of carbonyl (C=O) groups excluding carboxylic acids is 2. The summed E-state index contributed by atoms with van der Waals surface area (Å²) in [7, 11) is 0. The van der Waals surface area contributed by atoms with E-state index in [1.165, 1.54) is 19.3 Å². The lowest BCUT2D eigenvalue weighted by Crippen LogP contribution is -2.23. The van der Waals surface area contributed by atoms with Crippen LogP contribution in [0.3, 0.4) is 0 Å². The van der Waals surface area contributed by atoms with Crippen molar-refractivity contribution in [2.45, 2.75) is 39.0 Å². The van der Waals surface area contributed by atoms with E-state index in [4.69, 9.17) is 16.3 Å². The molecule has 5 heteroatoms. The van der Waals surface area contributed by atoms with Gasteiger partial charge in [0.05, 0.1) is 0 Å². The summed E-state index contributed by atoms with van der Waals surface area (Å²) in [5.74, 6) is 1.36. The average Bonchev–Trinajstić information content (AvgIpc) is 3.11. The van der Waals surface area contributed by atoms with Crippen LogP contribution in [0.25, 0.3) is 0 Å². The molecule has 0 heterocycles. The Labute approximate surface area is 141 Å². The summed E-state index contributed by atoms with van der Waals surface area (Å²) in [5, 5.41) is 3.28. The van der Waals surface area contributed by atoms with Gasteiger partial charge in [0.15, 0.2) is 6.61 Å². The molecule has 2 saturated carbocycles. The number of amides is 1. The summed E-state index contributed by atoms with van der Waals surface area (Å²) < 4.78 is 5.13. The maximum absolute atomic E-state index is 11.9. The second kappa shape index (κ2) is 6.91. The molecule has 1 aromatic rings. The van der Waals surface area contributed by atoms with Gasteiger partial charge in [-0.1, -0.05) is 24.1 Å². The number of hydrogen-bond acceptors (Lipinski definition) is 3. The van der Waals surface area contributed by atoms with Gasteiger partial charge >= 0.3 is 5.97 Å². The number of anilines is 1. The van der Waals surface area contributed by atoms with Crippen LogP contribution in [0.4, 0.5) is 5.69 Å². The number of rotatable bonds is 5. The molecular formula is C18H22ClNO3. The molecule has 2 fully saturated rings. The zero-order valence-electron chi connectivity index (χ0n) is 13.3. The molecule has 4 nitrogen and oxygen atoms in total. The molecule has 2 bridgehead atoms. The summed E-state index contributed by atoms with van der Waals surface area (Å²) in [4.78, 5) is 23.8. The lowest BCUT2D eigenvalue weighted by Gasteiger charge is -2.20. The van der Waals surface area contributed by atoms with E-state index in [0.29, 0.717) is 29.0 Å². The van der Waals surface area contributed by atoms with E-state index in [9.17, 15) is 9.59 Å². The molecule has 0 saturated heterocycles. The van der Waals surface area contributed by atoms with Gasteiger partial charge in [0.2, 0.25) is 0 Å². The Bertz CT molecular complexity index is 616. The van der Waals surface area contributed by atoms with E-state index in [0.717, 1.165) is 17.9 Å². The Kier molecular flexibility index (Phi) is 4.90. The molecule has 1 aromatic carbocycles. The van der Waals surface area contributed by atoms with Gasteiger partial charge in [0.25, 0.3) is 5.91 Å². The maximum Gasteiger partial charge on any atom is 0.306 e. The second-order valence-electron chi connectivity index (χ2n) is 6.81. The fourth-order valence-electron chi connectivity index (χ4n) is 3.96. The zero-order chi connectivity index (χ0) is 16.4. The van der Waals surface area contributed by atoms with Crippen LogP contribution in [0.5, 0.6) is 0 Å². The van der Waals surface area contributed by atoms with Crippen molar-refractivity contribution < 1.29 is 14.3 Å². The van der Waals surface area contributed by atoms with Gasteiger partial charge in [-0.05, 0) is 61.6 Å². The Morgan fingerprint density at radius 2 is 2.13 bits per heavy atom. The third-order valence-electron chi connectivity index (χ3n) is 5.15. The minimum Gasteiger partial charge on any atom is -0.456 e. The van der Waals surface area contributed by atoms with Crippen molar-refractivity contribution in [3.8, 4) is 0 Å². The number of esters is 1. The van der Waals surface area contributed by atoms with Crippen LogP contribution in [0.2, 0.25) is 5.02 Å². The Balaban J connectivity index is 1.43. The lowest BCUT2D eigenvalue weighted by atomic mass is 9.86. The first-order valence-electron chi connectivity index (χ1n) is 8.23. The average molecular weight is 336 g/mol. The molecule has 1 amide bonds. The predicted molar refractivity (Wildman–Crippen MR) is 89.3 cm³/mol. The molecule has 0 unspecified atom stereocenters. The van der Waals surface area contributed by atoms with Crippen molar-refractivity contribution in [1.82, 2.24) is 0 Å². The highest BCUT2D eigenvalue weighted by Gasteiger charge is 2.40. The van der Waals surface area contributed by atoms with Crippen LogP contribution in [-0.2, 0) is 14.3 Å². The number of hydrogen-bond donors (Lipinski definition) is 1. The van der Waals surface area contributed by atoms with Crippen molar-refractivity contribution in [3.63, 3.8) is 0 Å². The molecule has 3 atom stereocenters. The largest absolute Gasteiger partial charge is 0.456 e. The maximum atomic E-state index is 11.9. The van der Waals surface area contributed by atoms with E-state index in [2.05, 4.69) is 5.32 Å². The molecule has 2 aliphatic carbocycles. The Morgan fingerprint density at radius 1 is 1.30 bits per heavy atom. The second-order valence-corrected chi connectivity index (χ2v) is 7.24. The molecule has 2 aliphatic rings. The van der Waals surface area contributed by atoms with E-state index in [1.54, 1.807) is 12.1 Å². The quantitative estimate of drug-likeness (QED) is 0.829. The van der Waals surface area contributed by atoms with E-state index in [1.807, 2.05) is 13.0 Å². The molecule has 124 valence electrons. The number of halogens is 1. The zero-order valence-corrected chi connectivity index (χ0v) is 14.1. The third kappa shape index (κ3) is 4.05. The highest BCUT2D eigenvalue weighted by molar-refractivity contribution is 6.31. The van der Waals surface area contributed by atoms with Gasteiger partial charge in [-0.15, -0.1) is 0 Å². The van der Waals surface area contributed by atoms with Crippen LogP contribution in [0.15, 0.2) is 18.2 Å². The number of nitrogens with one attached hydrogen (secondary N) is 1. The van der Waals surface area contributed by atoms with Crippen LogP contribution in [0, 0.1) is 24.7 Å². The molecule has 3 rings (SSSR count). The number of fused-ring (bicyclic) bond motifs is 2. The van der Waals surface area contributed by atoms with E-state index >= 15 is 0 Å². The minimum absolute atomic E-state index is 0.244. The Morgan fingerprint density at radius 3 is 2.83 bits per heavy atom. The smallest absolute Gasteiger partial charge is 0.306 e. The van der Waals surface area contributed by atoms with Crippen molar-refractivity contribution in [3.05, 3.63) is 28.8 Å². The molecular weight excluding hydrogens is 314 g/mol. The molecule has 0 spiro atoms. The van der Waals surface area contributed by atoms with Crippen molar-refractivity contribution in [2.24, 2.45) is 17.8 Å². The molecule has 0 aliphatic heterocycles. The van der Waals surface area contributed by atoms with Gasteiger partial charge in [0, 0.05) is 17.1 Å². The summed E-state index contributed by atoms with van der Waals surface area (Å²) >= 11 is 5.92. The topological polar surface area (TPSA) is 55.4 Å². The van der Waals surface area contributed by atoms with Crippen LogP contribution >= 0.6 is 11.6 Å².